The summed E-state index contributed by atoms with van der Waals surface area (Å²) in [6.07, 6.45) is 1.54. The Kier molecular flexibility index (Phi) is 6.05. The van der Waals surface area contributed by atoms with Crippen LogP contribution in [0.15, 0.2) is 71.3 Å². The average Bonchev–Trinajstić information content (AvgIpc) is 3.57. The Hall–Kier alpha value is -5.13. The van der Waals surface area contributed by atoms with Crippen molar-refractivity contribution in [3.63, 3.8) is 0 Å². The number of benzene rings is 2. The first kappa shape index (κ1) is 22.7. The number of nitrogens with zero attached hydrogens (tertiary/aromatic N) is 5. The Bertz CT molecular complexity index is 1510. The molecule has 0 radical (unpaired) electrons. The number of non-ortho nitro benzene ring substituents is 1. The van der Waals surface area contributed by atoms with Crippen molar-refractivity contribution in [2.24, 2.45) is 0 Å². The van der Waals surface area contributed by atoms with Gasteiger partial charge in [-0.3, -0.25) is 10.1 Å². The lowest BCUT2D eigenvalue weighted by Gasteiger charge is -2.12. The number of anilines is 1. The number of nitro benzene ring substituents is 1. The number of rotatable bonds is 9. The molecule has 5 rings (SSSR count). The molecule has 0 saturated heterocycles. The van der Waals surface area contributed by atoms with Crippen molar-refractivity contribution in [3.05, 3.63) is 82.6 Å². The number of methoxy groups -OCH3 is 2. The molecule has 0 aliphatic rings. The first-order valence-corrected chi connectivity index (χ1v) is 10.7. The third-order valence-electron chi connectivity index (χ3n) is 5.21. The van der Waals surface area contributed by atoms with Crippen molar-refractivity contribution in [1.82, 2.24) is 19.6 Å². The highest BCUT2D eigenvalue weighted by molar-refractivity contribution is 5.56. The van der Waals surface area contributed by atoms with Gasteiger partial charge in [-0.2, -0.15) is 9.50 Å². The van der Waals surface area contributed by atoms with Crippen LogP contribution >= 0.6 is 0 Å². The lowest BCUT2D eigenvalue weighted by atomic mass is 10.2. The Morgan fingerprint density at radius 1 is 1.03 bits per heavy atom. The van der Waals surface area contributed by atoms with E-state index in [4.69, 9.17) is 18.6 Å². The first-order chi connectivity index (χ1) is 17.5. The van der Waals surface area contributed by atoms with E-state index in [9.17, 15) is 10.1 Å². The average molecular weight is 488 g/mol. The SMILES string of the molecule is COc1ccc(CNc2nc(Oc3ccc([N+](=O)[O-])cc3)cc3nc(-c4ccco4)nn23)cc1OC. The molecule has 0 fully saturated rings. The van der Waals surface area contributed by atoms with Crippen LogP contribution in [-0.2, 0) is 6.54 Å². The molecule has 0 unspecified atom stereocenters. The standard InChI is InChI=1S/C24H20N6O6/c1-33-18-10-5-15(12-20(18)34-2)14-25-24-27-22(36-17-8-6-16(7-9-17)30(31)32)13-21-26-23(28-29(21)24)19-4-3-11-35-19/h3-13H,14H2,1-2H3,(H,25,27). The minimum absolute atomic E-state index is 0.0383. The third-order valence-corrected chi connectivity index (χ3v) is 5.21. The van der Waals surface area contributed by atoms with E-state index in [1.165, 1.54) is 24.3 Å². The first-order valence-electron chi connectivity index (χ1n) is 10.7. The molecule has 0 amide bonds. The van der Waals surface area contributed by atoms with Gasteiger partial charge in [0.05, 0.1) is 25.4 Å². The second kappa shape index (κ2) is 9.62. The largest absolute Gasteiger partial charge is 0.493 e. The molecule has 182 valence electrons. The number of nitro groups is 1. The van der Waals surface area contributed by atoms with Crippen molar-refractivity contribution in [1.29, 1.82) is 0 Å². The predicted molar refractivity (Wildman–Crippen MR) is 129 cm³/mol. The van der Waals surface area contributed by atoms with Gasteiger partial charge in [0, 0.05) is 24.7 Å². The smallest absolute Gasteiger partial charge is 0.269 e. The molecular formula is C24H20N6O6. The highest BCUT2D eigenvalue weighted by atomic mass is 16.6. The van der Waals surface area contributed by atoms with Gasteiger partial charge in [-0.05, 0) is 42.0 Å². The molecule has 1 N–H and O–H groups in total. The topological polar surface area (TPSA) is 139 Å². The Morgan fingerprint density at radius 2 is 1.83 bits per heavy atom. The summed E-state index contributed by atoms with van der Waals surface area (Å²) in [5.74, 6) is 3.08. The molecule has 12 nitrogen and oxygen atoms in total. The van der Waals surface area contributed by atoms with E-state index >= 15 is 0 Å². The van der Waals surface area contributed by atoms with Crippen molar-refractivity contribution < 1.29 is 23.6 Å². The van der Waals surface area contributed by atoms with E-state index < -0.39 is 4.92 Å². The van der Waals surface area contributed by atoms with E-state index in [1.807, 2.05) is 18.2 Å². The number of fused-ring (bicyclic) bond motifs is 1. The summed E-state index contributed by atoms with van der Waals surface area (Å²) in [5, 5.41) is 18.7. The van der Waals surface area contributed by atoms with Crippen molar-refractivity contribution >= 4 is 17.3 Å². The van der Waals surface area contributed by atoms with Crippen LogP contribution in [0.4, 0.5) is 11.6 Å². The van der Waals surface area contributed by atoms with Crippen LogP contribution in [0.2, 0.25) is 0 Å². The fourth-order valence-electron chi connectivity index (χ4n) is 3.47. The van der Waals surface area contributed by atoms with E-state index in [2.05, 4.69) is 20.4 Å². The molecule has 0 atom stereocenters. The molecule has 0 aliphatic heterocycles. The Labute approximate surface area is 204 Å². The van der Waals surface area contributed by atoms with Crippen molar-refractivity contribution in [2.45, 2.75) is 6.54 Å². The van der Waals surface area contributed by atoms with E-state index in [0.29, 0.717) is 47.0 Å². The normalized spacial score (nSPS) is 10.8. The number of furan rings is 1. The number of aromatic nitrogens is 4. The van der Waals surface area contributed by atoms with Gasteiger partial charge in [-0.25, -0.2) is 4.98 Å². The van der Waals surface area contributed by atoms with Crippen LogP contribution in [0.3, 0.4) is 0 Å². The maximum Gasteiger partial charge on any atom is 0.269 e. The van der Waals surface area contributed by atoms with Crippen molar-refractivity contribution in [3.8, 4) is 34.7 Å². The van der Waals surface area contributed by atoms with E-state index in [1.54, 1.807) is 43.2 Å². The highest BCUT2D eigenvalue weighted by Gasteiger charge is 2.16. The Balaban J connectivity index is 1.48. The van der Waals surface area contributed by atoms with Crippen LogP contribution in [0, 0.1) is 10.1 Å². The summed E-state index contributed by atoms with van der Waals surface area (Å²) in [4.78, 5) is 19.5. The fourth-order valence-corrected chi connectivity index (χ4v) is 3.47. The zero-order valence-corrected chi connectivity index (χ0v) is 19.2. The number of hydrogen-bond donors (Lipinski definition) is 1. The Morgan fingerprint density at radius 3 is 2.53 bits per heavy atom. The van der Waals surface area contributed by atoms with Gasteiger partial charge in [-0.15, -0.1) is 5.10 Å². The van der Waals surface area contributed by atoms with Gasteiger partial charge in [0.15, 0.2) is 22.9 Å². The second-order valence-corrected chi connectivity index (χ2v) is 7.50. The van der Waals surface area contributed by atoms with Crippen LogP contribution in [0.5, 0.6) is 23.1 Å². The zero-order chi connectivity index (χ0) is 25.1. The summed E-state index contributed by atoms with van der Waals surface area (Å²) >= 11 is 0. The van der Waals surface area contributed by atoms with Crippen LogP contribution in [0.1, 0.15) is 5.56 Å². The van der Waals surface area contributed by atoms with Gasteiger partial charge >= 0.3 is 0 Å². The summed E-state index contributed by atoms with van der Waals surface area (Å²) in [5.41, 5.74) is 1.34. The maximum atomic E-state index is 10.9. The lowest BCUT2D eigenvalue weighted by Crippen LogP contribution is -2.08. The molecule has 0 spiro atoms. The molecule has 3 aromatic heterocycles. The third kappa shape index (κ3) is 4.59. The molecule has 3 heterocycles. The van der Waals surface area contributed by atoms with Crippen LogP contribution < -0.4 is 19.5 Å². The van der Waals surface area contributed by atoms with E-state index in [0.717, 1.165) is 5.56 Å². The fraction of sp³-hybridized carbons (Fsp3) is 0.125. The molecule has 0 bridgehead atoms. The quantitative estimate of drug-likeness (QED) is 0.229. The molecule has 36 heavy (non-hydrogen) atoms. The molecule has 2 aromatic carbocycles. The van der Waals surface area contributed by atoms with Crippen LogP contribution in [-0.4, -0.2) is 38.7 Å². The number of hydrogen-bond acceptors (Lipinski definition) is 10. The molecule has 0 aliphatic carbocycles. The lowest BCUT2D eigenvalue weighted by molar-refractivity contribution is -0.384. The molecular weight excluding hydrogens is 468 g/mol. The zero-order valence-electron chi connectivity index (χ0n) is 19.2. The summed E-state index contributed by atoms with van der Waals surface area (Å²) in [6, 6.07) is 16.4. The summed E-state index contributed by atoms with van der Waals surface area (Å²) in [7, 11) is 3.15. The van der Waals surface area contributed by atoms with Crippen molar-refractivity contribution in [2.75, 3.05) is 19.5 Å². The van der Waals surface area contributed by atoms with Gasteiger partial charge in [-0.1, -0.05) is 6.07 Å². The number of nitrogens with one attached hydrogen (secondary N) is 1. The summed E-state index contributed by atoms with van der Waals surface area (Å²) < 4.78 is 23.5. The minimum Gasteiger partial charge on any atom is -0.493 e. The molecule has 5 aromatic rings. The van der Waals surface area contributed by atoms with E-state index in [-0.39, 0.29) is 11.6 Å². The van der Waals surface area contributed by atoms with Gasteiger partial charge in [0.1, 0.15) is 5.75 Å². The van der Waals surface area contributed by atoms with Gasteiger partial charge in [0.25, 0.3) is 5.69 Å². The summed E-state index contributed by atoms with van der Waals surface area (Å²) in [6.45, 7) is 0.388. The monoisotopic (exact) mass is 488 g/mol. The predicted octanol–water partition coefficient (Wildman–Crippen LogP) is 4.71. The molecule has 12 heteroatoms. The number of ether oxygens (including phenoxy) is 3. The maximum absolute atomic E-state index is 10.9. The van der Waals surface area contributed by atoms with Gasteiger partial charge in [0.2, 0.25) is 17.7 Å². The van der Waals surface area contributed by atoms with Gasteiger partial charge < -0.3 is 23.9 Å². The minimum atomic E-state index is -0.476. The molecule has 0 saturated carbocycles. The highest BCUT2D eigenvalue weighted by Crippen LogP contribution is 2.29. The van der Waals surface area contributed by atoms with Crippen LogP contribution in [0.25, 0.3) is 17.2 Å². The second-order valence-electron chi connectivity index (χ2n) is 7.50.